The van der Waals surface area contributed by atoms with Gasteiger partial charge < -0.3 is 10.1 Å². The van der Waals surface area contributed by atoms with Crippen LogP contribution in [-0.2, 0) is 9.59 Å². The van der Waals surface area contributed by atoms with Gasteiger partial charge in [0.25, 0.3) is 0 Å². The molecule has 0 aromatic carbocycles. The number of nitrogens with one attached hydrogen (secondary N) is 1. The van der Waals surface area contributed by atoms with Crippen LogP contribution in [0.1, 0.15) is 40.5 Å². The number of carbonyl (C=O) groups is 2. The minimum absolute atomic E-state index is 0.0191. The van der Waals surface area contributed by atoms with Gasteiger partial charge in [-0.15, -0.1) is 0 Å². The lowest BCUT2D eigenvalue weighted by atomic mass is 9.70. The number of hydrogen-bond donors (Lipinski definition) is 1. The fourth-order valence-electron chi connectivity index (χ4n) is 1.48. The Morgan fingerprint density at radius 2 is 1.93 bits per heavy atom. The second kappa shape index (κ2) is 6.65. The Kier molecular flexibility index (Phi) is 6.29. The van der Waals surface area contributed by atoms with Crippen LogP contribution in [-0.4, -0.2) is 25.4 Å². The molecule has 1 N–H and O–H groups in total. The van der Waals surface area contributed by atoms with Gasteiger partial charge in [0, 0.05) is 12.9 Å². The van der Waals surface area contributed by atoms with Crippen molar-refractivity contribution in [2.75, 3.05) is 6.54 Å². The minimum atomic E-state index is -0.0191. The normalized spacial score (nSPS) is 10.9. The maximum atomic E-state index is 11.3. The van der Waals surface area contributed by atoms with Gasteiger partial charge in [-0.3, -0.25) is 4.79 Å². The minimum Gasteiger partial charge on any atom is -0.356 e. The predicted molar refractivity (Wildman–Crippen MR) is 64.3 cm³/mol. The predicted octanol–water partition coefficient (Wildman–Crippen LogP) is 1.33. The maximum Gasteiger partial charge on any atom is 0.214 e. The van der Waals surface area contributed by atoms with Crippen molar-refractivity contribution in [1.82, 2.24) is 5.32 Å². The van der Waals surface area contributed by atoms with Crippen LogP contribution in [0.25, 0.3) is 0 Å². The van der Waals surface area contributed by atoms with Crippen molar-refractivity contribution in [3.63, 3.8) is 0 Å². The summed E-state index contributed by atoms with van der Waals surface area (Å²) in [6.45, 7) is 8.62. The summed E-state index contributed by atoms with van der Waals surface area (Å²) in [4.78, 5) is 22.0. The van der Waals surface area contributed by atoms with Crippen LogP contribution >= 0.6 is 0 Å². The van der Waals surface area contributed by atoms with E-state index in [0.717, 1.165) is 12.8 Å². The van der Waals surface area contributed by atoms with E-state index in [1.807, 2.05) is 0 Å². The molecule has 0 aromatic rings. The van der Waals surface area contributed by atoms with E-state index in [1.165, 1.54) is 6.92 Å². The molecule has 0 aromatic heterocycles. The molecule has 0 bridgehead atoms. The molecule has 0 heterocycles. The highest BCUT2D eigenvalue weighted by molar-refractivity contribution is 6.75. The van der Waals surface area contributed by atoms with Crippen molar-refractivity contribution >= 4 is 18.9 Å². The second-order valence-corrected chi connectivity index (χ2v) is 4.89. The van der Waals surface area contributed by atoms with Crippen molar-refractivity contribution < 1.29 is 9.59 Å². The number of hydrogen-bond acceptors (Lipinski definition) is 2. The third kappa shape index (κ3) is 8.22. The summed E-state index contributed by atoms with van der Waals surface area (Å²) in [7, 11) is 0.347. The first kappa shape index (κ1) is 14.2. The van der Waals surface area contributed by atoms with Gasteiger partial charge in [0.1, 0.15) is 0 Å². The Labute approximate surface area is 93.2 Å². The highest BCUT2D eigenvalue weighted by Gasteiger charge is 2.17. The van der Waals surface area contributed by atoms with Gasteiger partial charge in [-0.1, -0.05) is 27.2 Å². The maximum absolute atomic E-state index is 11.3. The highest BCUT2D eigenvalue weighted by atomic mass is 16.1. The fraction of sp³-hybridized carbons (Fsp3) is 0.818. The van der Waals surface area contributed by atoms with Gasteiger partial charge in [0.15, 0.2) is 0 Å². The van der Waals surface area contributed by atoms with Crippen molar-refractivity contribution in [3.8, 4) is 0 Å². The SMILES string of the molecule is CCCC(C)(C)CNC(=O)CBC(C)=O. The Bertz CT molecular complexity index is 227. The number of rotatable bonds is 7. The second-order valence-electron chi connectivity index (χ2n) is 4.89. The summed E-state index contributed by atoms with van der Waals surface area (Å²) in [6, 6.07) is 0. The zero-order valence-electron chi connectivity index (χ0n) is 10.4. The van der Waals surface area contributed by atoms with Gasteiger partial charge in [0.2, 0.25) is 13.2 Å². The topological polar surface area (TPSA) is 46.2 Å². The summed E-state index contributed by atoms with van der Waals surface area (Å²) in [5, 5.41) is 2.87. The lowest BCUT2D eigenvalue weighted by Gasteiger charge is -2.24. The first-order chi connectivity index (χ1) is 6.87. The van der Waals surface area contributed by atoms with E-state index in [1.54, 1.807) is 0 Å². The Morgan fingerprint density at radius 1 is 1.33 bits per heavy atom. The highest BCUT2D eigenvalue weighted by Crippen LogP contribution is 2.20. The zero-order chi connectivity index (χ0) is 11.9. The summed E-state index contributed by atoms with van der Waals surface area (Å²) >= 11 is 0. The first-order valence-corrected chi connectivity index (χ1v) is 5.63. The van der Waals surface area contributed by atoms with Crippen LogP contribution in [0.3, 0.4) is 0 Å². The lowest BCUT2D eigenvalue weighted by molar-refractivity contribution is -0.120. The van der Waals surface area contributed by atoms with E-state index in [0.29, 0.717) is 20.1 Å². The van der Waals surface area contributed by atoms with Crippen LogP contribution in [0, 0.1) is 5.41 Å². The molecule has 0 fully saturated rings. The van der Waals surface area contributed by atoms with Crippen LogP contribution in [0.5, 0.6) is 0 Å². The monoisotopic (exact) mass is 211 g/mol. The van der Waals surface area contributed by atoms with E-state index < -0.39 is 0 Å². The molecule has 0 radical (unpaired) electrons. The molecule has 0 atom stereocenters. The summed E-state index contributed by atoms with van der Waals surface area (Å²) < 4.78 is 0. The molecule has 1 amide bonds. The molecule has 0 aliphatic heterocycles. The van der Waals surface area contributed by atoms with E-state index >= 15 is 0 Å². The summed E-state index contributed by atoms with van der Waals surface area (Å²) in [6.07, 6.45) is 2.54. The third-order valence-electron chi connectivity index (χ3n) is 2.40. The molecule has 0 spiro atoms. The molecule has 15 heavy (non-hydrogen) atoms. The fourth-order valence-corrected chi connectivity index (χ4v) is 1.48. The van der Waals surface area contributed by atoms with Crippen molar-refractivity contribution in [3.05, 3.63) is 0 Å². The summed E-state index contributed by atoms with van der Waals surface area (Å²) in [5.74, 6) is -0.0191. The summed E-state index contributed by atoms with van der Waals surface area (Å²) in [5.41, 5.74) is 0.221. The van der Waals surface area contributed by atoms with Gasteiger partial charge in [-0.05, 0) is 18.8 Å². The van der Waals surface area contributed by atoms with Gasteiger partial charge in [-0.2, -0.15) is 0 Å². The van der Waals surface area contributed by atoms with Gasteiger partial charge in [0.05, 0.1) is 5.68 Å². The van der Waals surface area contributed by atoms with Crippen LogP contribution in [0.15, 0.2) is 0 Å². The molecule has 0 rings (SSSR count). The van der Waals surface area contributed by atoms with Crippen LogP contribution in [0.2, 0.25) is 6.32 Å². The van der Waals surface area contributed by atoms with Crippen LogP contribution < -0.4 is 5.32 Å². The van der Waals surface area contributed by atoms with Gasteiger partial charge in [-0.25, -0.2) is 0 Å². The Balaban J connectivity index is 3.74. The standard InChI is InChI=1S/C11H22BNO2/c1-5-6-11(3,4)8-13-10(15)7-12-9(2)14/h12H,5-8H2,1-4H3,(H,13,15). The van der Waals surface area contributed by atoms with Gasteiger partial charge >= 0.3 is 0 Å². The van der Waals surface area contributed by atoms with Crippen molar-refractivity contribution in [1.29, 1.82) is 0 Å². The quantitative estimate of drug-likeness (QED) is 0.645. The largest absolute Gasteiger partial charge is 0.356 e. The smallest absolute Gasteiger partial charge is 0.214 e. The molecular weight excluding hydrogens is 189 g/mol. The average molecular weight is 211 g/mol. The Morgan fingerprint density at radius 3 is 2.40 bits per heavy atom. The van der Waals surface area contributed by atoms with E-state index in [-0.39, 0.29) is 17.0 Å². The molecule has 0 aliphatic rings. The van der Waals surface area contributed by atoms with Crippen LogP contribution in [0.4, 0.5) is 0 Å². The lowest BCUT2D eigenvalue weighted by Crippen LogP contribution is -2.34. The number of carbonyl (C=O) groups excluding carboxylic acids is 2. The number of amides is 1. The molecular formula is C11H22BNO2. The molecule has 86 valence electrons. The van der Waals surface area contributed by atoms with E-state index in [4.69, 9.17) is 0 Å². The Hall–Kier alpha value is -0.795. The molecule has 0 aliphatic carbocycles. The average Bonchev–Trinajstić information content (AvgIpc) is 2.11. The molecule has 3 nitrogen and oxygen atoms in total. The van der Waals surface area contributed by atoms with Crippen molar-refractivity contribution in [2.45, 2.75) is 46.9 Å². The van der Waals surface area contributed by atoms with E-state index in [9.17, 15) is 9.59 Å². The molecule has 0 unspecified atom stereocenters. The van der Waals surface area contributed by atoms with Crippen molar-refractivity contribution in [2.24, 2.45) is 5.41 Å². The molecule has 4 heteroatoms. The molecule has 0 saturated heterocycles. The first-order valence-electron chi connectivity index (χ1n) is 5.63. The zero-order valence-corrected chi connectivity index (χ0v) is 10.4. The molecule has 0 saturated carbocycles. The third-order valence-corrected chi connectivity index (χ3v) is 2.40. The van der Waals surface area contributed by atoms with E-state index in [2.05, 4.69) is 26.1 Å².